The fourth-order valence-corrected chi connectivity index (χ4v) is 1.92. The second kappa shape index (κ2) is 7.33. The largest absolute Gasteiger partial charge is 0.464 e. The first-order valence-electron chi connectivity index (χ1n) is 7.13. The first-order valence-corrected chi connectivity index (χ1v) is 7.13. The van der Waals surface area contributed by atoms with E-state index < -0.39 is 0 Å². The zero-order chi connectivity index (χ0) is 13.9. The van der Waals surface area contributed by atoms with E-state index >= 15 is 0 Å². The van der Waals surface area contributed by atoms with Crippen LogP contribution in [0.15, 0.2) is 21.5 Å². The van der Waals surface area contributed by atoms with Crippen molar-refractivity contribution in [1.29, 1.82) is 0 Å². The molecule has 1 aliphatic carbocycles. The summed E-state index contributed by atoms with van der Waals surface area (Å²) in [7, 11) is 0. The molecule has 1 heterocycles. The number of furan rings is 1. The molecule has 1 aliphatic rings. The Morgan fingerprint density at radius 1 is 1.45 bits per heavy atom. The van der Waals surface area contributed by atoms with E-state index in [0.29, 0.717) is 5.41 Å². The summed E-state index contributed by atoms with van der Waals surface area (Å²) in [5.74, 6) is 2.76. The van der Waals surface area contributed by atoms with E-state index in [4.69, 9.17) is 4.42 Å². The standard InChI is InChI=1S/C15H25N3O.HI/c1-5-16-14(17-10-15(4)8-9-15)18-12(3)13-7-6-11(2)19-13;/h6-7,12H,5,8-10H2,1-4H3,(H2,16,17,18);1H. The van der Waals surface area contributed by atoms with E-state index in [0.717, 1.165) is 30.6 Å². The number of aliphatic imine (C=N–C) groups is 1. The molecule has 0 saturated heterocycles. The van der Waals surface area contributed by atoms with Crippen molar-refractivity contribution in [1.82, 2.24) is 10.6 Å². The van der Waals surface area contributed by atoms with Crippen molar-refractivity contribution in [2.75, 3.05) is 13.1 Å². The van der Waals surface area contributed by atoms with E-state index in [-0.39, 0.29) is 30.0 Å². The van der Waals surface area contributed by atoms with Gasteiger partial charge in [0.25, 0.3) is 0 Å². The second-order valence-corrected chi connectivity index (χ2v) is 5.82. The molecule has 0 radical (unpaired) electrons. The Hall–Kier alpha value is -0.720. The Morgan fingerprint density at radius 3 is 2.65 bits per heavy atom. The number of hydrogen-bond acceptors (Lipinski definition) is 2. The smallest absolute Gasteiger partial charge is 0.191 e. The van der Waals surface area contributed by atoms with E-state index in [1.807, 2.05) is 19.1 Å². The van der Waals surface area contributed by atoms with Gasteiger partial charge in [-0.15, -0.1) is 24.0 Å². The molecule has 1 aromatic heterocycles. The highest BCUT2D eigenvalue weighted by Gasteiger charge is 2.36. The fourth-order valence-electron chi connectivity index (χ4n) is 1.92. The summed E-state index contributed by atoms with van der Waals surface area (Å²) in [6.07, 6.45) is 2.59. The molecule has 4 nitrogen and oxygen atoms in total. The first-order chi connectivity index (χ1) is 9.02. The van der Waals surface area contributed by atoms with Gasteiger partial charge in [0, 0.05) is 13.1 Å². The minimum Gasteiger partial charge on any atom is -0.464 e. The molecule has 2 rings (SSSR count). The van der Waals surface area contributed by atoms with E-state index in [1.165, 1.54) is 12.8 Å². The number of guanidine groups is 1. The summed E-state index contributed by atoms with van der Waals surface area (Å²) >= 11 is 0. The van der Waals surface area contributed by atoms with E-state index in [2.05, 4.69) is 36.4 Å². The average molecular weight is 391 g/mol. The van der Waals surface area contributed by atoms with Gasteiger partial charge in [0.15, 0.2) is 5.96 Å². The predicted octanol–water partition coefficient (Wildman–Crippen LogP) is 3.62. The third kappa shape index (κ3) is 5.00. The number of aryl methyl sites for hydroxylation is 1. The van der Waals surface area contributed by atoms with Crippen LogP contribution in [0.1, 0.15) is 51.2 Å². The SMILES string of the molecule is CCNC(=NCC1(C)CC1)NC(C)c1ccc(C)o1.I. The quantitative estimate of drug-likeness (QED) is 0.458. The number of nitrogens with zero attached hydrogens (tertiary/aromatic N) is 1. The Morgan fingerprint density at radius 2 is 2.15 bits per heavy atom. The molecule has 1 unspecified atom stereocenters. The van der Waals surface area contributed by atoms with Crippen LogP contribution in [0.3, 0.4) is 0 Å². The molecule has 2 N–H and O–H groups in total. The first kappa shape index (κ1) is 17.3. The van der Waals surface area contributed by atoms with Crippen LogP contribution in [0.2, 0.25) is 0 Å². The van der Waals surface area contributed by atoms with Crippen molar-refractivity contribution in [3.8, 4) is 0 Å². The molecular weight excluding hydrogens is 365 g/mol. The minimum atomic E-state index is 0. The zero-order valence-electron chi connectivity index (χ0n) is 12.8. The molecule has 0 spiro atoms. The molecule has 1 atom stereocenters. The van der Waals surface area contributed by atoms with Crippen molar-refractivity contribution in [2.24, 2.45) is 10.4 Å². The molecule has 1 saturated carbocycles. The summed E-state index contributed by atoms with van der Waals surface area (Å²) in [5, 5.41) is 6.68. The van der Waals surface area contributed by atoms with Gasteiger partial charge < -0.3 is 15.1 Å². The van der Waals surface area contributed by atoms with Gasteiger partial charge in [-0.2, -0.15) is 0 Å². The van der Waals surface area contributed by atoms with Crippen LogP contribution in [0.5, 0.6) is 0 Å². The maximum atomic E-state index is 5.64. The van der Waals surface area contributed by atoms with Crippen LogP contribution in [-0.2, 0) is 0 Å². The van der Waals surface area contributed by atoms with Gasteiger partial charge in [-0.1, -0.05) is 6.92 Å². The van der Waals surface area contributed by atoms with Crippen LogP contribution >= 0.6 is 24.0 Å². The van der Waals surface area contributed by atoms with E-state index in [1.54, 1.807) is 0 Å². The third-order valence-electron chi connectivity index (χ3n) is 3.61. The third-order valence-corrected chi connectivity index (χ3v) is 3.61. The molecule has 0 amide bonds. The lowest BCUT2D eigenvalue weighted by Crippen LogP contribution is -2.39. The average Bonchev–Trinajstić information content (AvgIpc) is 2.94. The number of hydrogen-bond donors (Lipinski definition) is 2. The van der Waals surface area contributed by atoms with Crippen LogP contribution in [0, 0.1) is 12.3 Å². The lowest BCUT2D eigenvalue weighted by Gasteiger charge is -2.17. The minimum absolute atomic E-state index is 0. The molecule has 0 bridgehead atoms. The normalized spacial score (nSPS) is 18.1. The van der Waals surface area contributed by atoms with Crippen LogP contribution < -0.4 is 10.6 Å². The van der Waals surface area contributed by atoms with Crippen molar-refractivity contribution in [3.63, 3.8) is 0 Å². The second-order valence-electron chi connectivity index (χ2n) is 5.82. The fraction of sp³-hybridized carbons (Fsp3) is 0.667. The number of nitrogens with one attached hydrogen (secondary N) is 2. The van der Waals surface area contributed by atoms with Gasteiger partial charge in [-0.25, -0.2) is 0 Å². The zero-order valence-corrected chi connectivity index (χ0v) is 15.2. The highest BCUT2D eigenvalue weighted by Crippen LogP contribution is 2.44. The van der Waals surface area contributed by atoms with Crippen molar-refractivity contribution >= 4 is 29.9 Å². The van der Waals surface area contributed by atoms with Crippen LogP contribution in [-0.4, -0.2) is 19.0 Å². The van der Waals surface area contributed by atoms with Crippen LogP contribution in [0.25, 0.3) is 0 Å². The topological polar surface area (TPSA) is 49.6 Å². The molecule has 114 valence electrons. The lowest BCUT2D eigenvalue weighted by atomic mass is 10.1. The van der Waals surface area contributed by atoms with E-state index in [9.17, 15) is 0 Å². The number of rotatable bonds is 5. The number of halogens is 1. The summed E-state index contributed by atoms with van der Waals surface area (Å²) in [4.78, 5) is 4.67. The Kier molecular flexibility index (Phi) is 6.36. The Labute approximate surface area is 138 Å². The highest BCUT2D eigenvalue weighted by atomic mass is 127. The molecule has 5 heteroatoms. The van der Waals surface area contributed by atoms with Gasteiger partial charge >= 0.3 is 0 Å². The van der Waals surface area contributed by atoms with Gasteiger partial charge in [0.05, 0.1) is 6.04 Å². The molecule has 1 fully saturated rings. The molecule has 0 aromatic carbocycles. The summed E-state index contributed by atoms with van der Waals surface area (Å²) in [6, 6.07) is 4.13. The maximum Gasteiger partial charge on any atom is 0.191 e. The Bertz CT molecular complexity index is 452. The summed E-state index contributed by atoms with van der Waals surface area (Å²) < 4.78 is 5.64. The monoisotopic (exact) mass is 391 g/mol. The van der Waals surface area contributed by atoms with Gasteiger partial charge in [-0.3, -0.25) is 4.99 Å². The lowest BCUT2D eigenvalue weighted by molar-refractivity contribution is 0.441. The van der Waals surface area contributed by atoms with Crippen molar-refractivity contribution < 1.29 is 4.42 Å². The van der Waals surface area contributed by atoms with Gasteiger partial charge in [0.1, 0.15) is 11.5 Å². The molecular formula is C15H26IN3O. The Balaban J connectivity index is 0.00000200. The predicted molar refractivity (Wildman–Crippen MR) is 93.7 cm³/mol. The summed E-state index contributed by atoms with van der Waals surface area (Å²) in [6.45, 7) is 10.2. The maximum absolute atomic E-state index is 5.64. The molecule has 20 heavy (non-hydrogen) atoms. The summed E-state index contributed by atoms with van der Waals surface area (Å²) in [5.41, 5.74) is 0.437. The highest BCUT2D eigenvalue weighted by molar-refractivity contribution is 14.0. The van der Waals surface area contributed by atoms with Crippen molar-refractivity contribution in [3.05, 3.63) is 23.7 Å². The molecule has 1 aromatic rings. The molecule has 0 aliphatic heterocycles. The van der Waals surface area contributed by atoms with Crippen molar-refractivity contribution in [2.45, 2.75) is 46.6 Å². The van der Waals surface area contributed by atoms with Gasteiger partial charge in [0.2, 0.25) is 0 Å². The van der Waals surface area contributed by atoms with Crippen LogP contribution in [0.4, 0.5) is 0 Å². The van der Waals surface area contributed by atoms with Gasteiger partial charge in [-0.05, 0) is 51.2 Å².